The third kappa shape index (κ3) is 50.8. The van der Waals surface area contributed by atoms with Crippen LogP contribution in [-0.2, 0) is 0 Å². The molecule has 0 aliphatic rings. The zero-order valence-electron chi connectivity index (χ0n) is 9.26. The number of hydrogen-bond acceptors (Lipinski definition) is 1. The Morgan fingerprint density at radius 3 is 1.75 bits per heavy atom. The van der Waals surface area contributed by atoms with Gasteiger partial charge in [-0.15, -0.1) is 6.32 Å². The standard InChI is InChI=1S/C5H11BO.C4H12N/c1-2-3-4-5-6-7;1-5(2,3)4/h2-5H2,1H3;1-4H3/q-1;+1. The molecule has 0 saturated heterocycles. The molecule has 0 aliphatic heterocycles. The number of hydrogen-bond donors (Lipinski definition) is 0. The van der Waals surface area contributed by atoms with Crippen molar-refractivity contribution >= 4 is 7.48 Å². The molecule has 0 amide bonds. The van der Waals surface area contributed by atoms with Crippen molar-refractivity contribution in [2.45, 2.75) is 32.5 Å². The van der Waals surface area contributed by atoms with Crippen LogP contribution in [0.2, 0.25) is 6.32 Å². The fourth-order valence-electron chi connectivity index (χ4n) is 0.478. The van der Waals surface area contributed by atoms with E-state index in [4.69, 9.17) is 0 Å². The SMILES string of the molecule is CCCCC[B][O-].C[N+](C)(C)C. The minimum atomic E-state index is 0.744. The Morgan fingerprint density at radius 1 is 1.08 bits per heavy atom. The molecule has 0 N–H and O–H groups in total. The molecule has 0 heterocycles. The molecule has 0 aromatic rings. The van der Waals surface area contributed by atoms with E-state index in [1.54, 1.807) is 0 Å². The summed E-state index contributed by atoms with van der Waals surface area (Å²) in [7, 11) is 9.48. The molecule has 0 spiro atoms. The number of rotatable bonds is 4. The molecule has 3 heteroatoms. The van der Waals surface area contributed by atoms with Gasteiger partial charge in [0.1, 0.15) is 0 Å². The highest BCUT2D eigenvalue weighted by Gasteiger charge is 1.88. The Hall–Kier alpha value is -0.0151. The number of unbranched alkanes of at least 4 members (excludes halogenated alkanes) is 2. The van der Waals surface area contributed by atoms with Gasteiger partial charge in [-0.2, -0.15) is 0 Å². The molecular formula is C9H23BNO. The van der Waals surface area contributed by atoms with Crippen molar-refractivity contribution in [3.05, 3.63) is 0 Å². The zero-order chi connectivity index (χ0) is 10.0. The van der Waals surface area contributed by atoms with Gasteiger partial charge < -0.3 is 9.51 Å². The molecule has 0 atom stereocenters. The average Bonchev–Trinajstić information content (AvgIpc) is 1.85. The summed E-state index contributed by atoms with van der Waals surface area (Å²) in [6.45, 7) is 2.13. The van der Waals surface area contributed by atoms with E-state index in [0.717, 1.165) is 24.7 Å². The van der Waals surface area contributed by atoms with Crippen LogP contribution in [-0.4, -0.2) is 40.2 Å². The Morgan fingerprint density at radius 2 is 1.50 bits per heavy atom. The van der Waals surface area contributed by atoms with Crippen LogP contribution in [0, 0.1) is 0 Å². The Labute approximate surface area is 78.5 Å². The largest absolute Gasteiger partial charge is 0.885 e. The molecule has 0 aromatic heterocycles. The van der Waals surface area contributed by atoms with Crippen molar-refractivity contribution in [2.24, 2.45) is 0 Å². The summed E-state index contributed by atoms with van der Waals surface area (Å²) in [5.74, 6) is 0. The van der Waals surface area contributed by atoms with Gasteiger partial charge in [0.05, 0.1) is 28.2 Å². The highest BCUT2D eigenvalue weighted by Crippen LogP contribution is 1.95. The lowest BCUT2D eigenvalue weighted by Gasteiger charge is -2.14. The van der Waals surface area contributed by atoms with Crippen LogP contribution < -0.4 is 5.02 Å². The predicted molar refractivity (Wildman–Crippen MR) is 54.0 cm³/mol. The highest BCUT2D eigenvalue weighted by molar-refractivity contribution is 6.22. The predicted octanol–water partition coefficient (Wildman–Crippen LogP) is 0.897. The zero-order valence-corrected chi connectivity index (χ0v) is 9.26. The van der Waals surface area contributed by atoms with Crippen LogP contribution in [0.25, 0.3) is 0 Å². The van der Waals surface area contributed by atoms with Crippen LogP contribution in [0.3, 0.4) is 0 Å². The summed E-state index contributed by atoms with van der Waals surface area (Å²) in [4.78, 5) is 0. The first kappa shape index (κ1) is 14.5. The minimum Gasteiger partial charge on any atom is -0.885 e. The summed E-state index contributed by atoms with van der Waals surface area (Å²) in [6.07, 6.45) is 4.21. The van der Waals surface area contributed by atoms with Gasteiger partial charge in [-0.05, 0) is 7.48 Å². The van der Waals surface area contributed by atoms with Gasteiger partial charge in [0.2, 0.25) is 0 Å². The summed E-state index contributed by atoms with van der Waals surface area (Å²) < 4.78 is 1.00. The normalized spacial score (nSPS) is 10.2. The van der Waals surface area contributed by atoms with Crippen LogP contribution in [0.1, 0.15) is 26.2 Å². The van der Waals surface area contributed by atoms with Crippen LogP contribution in [0.5, 0.6) is 0 Å². The van der Waals surface area contributed by atoms with Gasteiger partial charge in [-0.25, -0.2) is 0 Å². The molecule has 12 heavy (non-hydrogen) atoms. The van der Waals surface area contributed by atoms with Crippen molar-refractivity contribution in [1.29, 1.82) is 0 Å². The van der Waals surface area contributed by atoms with Gasteiger partial charge in [0.15, 0.2) is 0 Å². The second-order valence-corrected chi connectivity index (χ2v) is 4.35. The maximum atomic E-state index is 9.68. The quantitative estimate of drug-likeness (QED) is 0.351. The van der Waals surface area contributed by atoms with Gasteiger partial charge in [-0.1, -0.05) is 26.2 Å². The average molecular weight is 172 g/mol. The maximum Gasteiger partial charge on any atom is 0.0675 e. The van der Waals surface area contributed by atoms with E-state index in [2.05, 4.69) is 35.1 Å². The molecule has 0 saturated carbocycles. The van der Waals surface area contributed by atoms with Crippen molar-refractivity contribution in [3.63, 3.8) is 0 Å². The molecule has 0 unspecified atom stereocenters. The first-order valence-corrected chi connectivity index (χ1v) is 4.64. The first-order chi connectivity index (χ1) is 5.41. The molecule has 0 fully saturated rings. The summed E-state index contributed by atoms with van der Waals surface area (Å²) in [5, 5.41) is 9.68. The third-order valence-electron chi connectivity index (χ3n) is 0.926. The topological polar surface area (TPSA) is 23.1 Å². The van der Waals surface area contributed by atoms with E-state index in [1.807, 2.05) is 0 Å². The summed E-state index contributed by atoms with van der Waals surface area (Å²) in [5.41, 5.74) is 0. The van der Waals surface area contributed by atoms with Crippen molar-refractivity contribution in [3.8, 4) is 0 Å². The molecule has 0 aliphatic carbocycles. The van der Waals surface area contributed by atoms with Crippen LogP contribution in [0.15, 0.2) is 0 Å². The molecule has 73 valence electrons. The van der Waals surface area contributed by atoms with Crippen molar-refractivity contribution in [2.75, 3.05) is 28.2 Å². The van der Waals surface area contributed by atoms with E-state index >= 15 is 0 Å². The van der Waals surface area contributed by atoms with E-state index in [-0.39, 0.29) is 0 Å². The van der Waals surface area contributed by atoms with Crippen LogP contribution in [0.4, 0.5) is 0 Å². The Kier molecular flexibility index (Phi) is 11.0. The molecular weight excluding hydrogens is 149 g/mol. The van der Waals surface area contributed by atoms with E-state index in [0.29, 0.717) is 0 Å². The lowest BCUT2D eigenvalue weighted by atomic mass is 9.92. The number of nitrogens with zero attached hydrogens (tertiary/aromatic N) is 1. The molecule has 0 rings (SSSR count). The fourth-order valence-corrected chi connectivity index (χ4v) is 0.478. The lowest BCUT2D eigenvalue weighted by Crippen LogP contribution is -2.27. The minimum absolute atomic E-state index is 0.744. The number of quaternary nitrogens is 1. The van der Waals surface area contributed by atoms with Crippen molar-refractivity contribution in [1.82, 2.24) is 0 Å². The van der Waals surface area contributed by atoms with Gasteiger partial charge >= 0.3 is 0 Å². The van der Waals surface area contributed by atoms with Gasteiger partial charge in [-0.3, -0.25) is 0 Å². The van der Waals surface area contributed by atoms with E-state index in [9.17, 15) is 5.02 Å². The highest BCUT2D eigenvalue weighted by atomic mass is 16.2. The second-order valence-electron chi connectivity index (χ2n) is 4.35. The lowest BCUT2D eigenvalue weighted by molar-refractivity contribution is -0.849. The Bertz CT molecular complexity index is 71.1. The fraction of sp³-hybridized carbons (Fsp3) is 1.00. The van der Waals surface area contributed by atoms with Gasteiger partial charge in [0.25, 0.3) is 0 Å². The monoisotopic (exact) mass is 172 g/mol. The second kappa shape index (κ2) is 9.08. The van der Waals surface area contributed by atoms with E-state index < -0.39 is 0 Å². The van der Waals surface area contributed by atoms with Crippen molar-refractivity contribution < 1.29 is 9.51 Å². The third-order valence-corrected chi connectivity index (χ3v) is 0.926. The maximum absolute atomic E-state index is 9.68. The first-order valence-electron chi connectivity index (χ1n) is 4.64. The van der Waals surface area contributed by atoms with E-state index in [1.165, 1.54) is 12.8 Å². The Balaban J connectivity index is 0. The molecule has 2 nitrogen and oxygen atoms in total. The smallest absolute Gasteiger partial charge is 0.0675 e. The van der Waals surface area contributed by atoms with Crippen LogP contribution >= 0.6 is 0 Å². The molecule has 1 radical (unpaired) electrons. The summed E-state index contributed by atoms with van der Waals surface area (Å²) >= 11 is 0. The molecule has 0 bridgehead atoms. The molecule has 0 aromatic carbocycles. The van der Waals surface area contributed by atoms with Gasteiger partial charge in [0, 0.05) is 0 Å². The summed E-state index contributed by atoms with van der Waals surface area (Å²) in [6, 6.07) is 0.